The number of benzene rings is 1. The average Bonchev–Trinajstić information content (AvgIpc) is 2.53. The summed E-state index contributed by atoms with van der Waals surface area (Å²) in [5.74, 6) is 1.01. The Labute approximate surface area is 120 Å². The Morgan fingerprint density at radius 1 is 1.35 bits per heavy atom. The number of methoxy groups -OCH3 is 1. The lowest BCUT2D eigenvalue weighted by Gasteiger charge is -2.30. The molecule has 0 heterocycles. The van der Waals surface area contributed by atoms with Crippen LogP contribution in [0.3, 0.4) is 0 Å². The van der Waals surface area contributed by atoms with Gasteiger partial charge in [-0.15, -0.1) is 0 Å². The average molecular weight is 276 g/mol. The second-order valence-corrected chi connectivity index (χ2v) is 5.41. The molecule has 4 heteroatoms. The van der Waals surface area contributed by atoms with Crippen LogP contribution >= 0.6 is 0 Å². The predicted octanol–water partition coefficient (Wildman–Crippen LogP) is 2.33. The van der Waals surface area contributed by atoms with Gasteiger partial charge in [-0.3, -0.25) is 4.79 Å². The van der Waals surface area contributed by atoms with Crippen LogP contribution in [0.5, 0.6) is 5.75 Å². The van der Waals surface area contributed by atoms with Crippen molar-refractivity contribution in [2.24, 2.45) is 11.7 Å². The second-order valence-electron chi connectivity index (χ2n) is 5.41. The summed E-state index contributed by atoms with van der Waals surface area (Å²) in [7, 11) is 1.58. The van der Waals surface area contributed by atoms with Gasteiger partial charge < -0.3 is 15.8 Å². The fraction of sp³-hybridized carbons (Fsp3) is 0.562. The topological polar surface area (TPSA) is 64.3 Å². The number of amides is 1. The third-order valence-corrected chi connectivity index (χ3v) is 4.14. The molecular formula is C16H24N2O2. The first-order valence-electron chi connectivity index (χ1n) is 7.40. The maximum atomic E-state index is 12.4. The molecule has 1 aromatic carbocycles. The molecule has 2 rings (SSSR count). The van der Waals surface area contributed by atoms with Crippen LogP contribution in [0.2, 0.25) is 0 Å². The minimum atomic E-state index is -0.0940. The fourth-order valence-corrected chi connectivity index (χ4v) is 2.98. The van der Waals surface area contributed by atoms with E-state index in [2.05, 4.69) is 5.32 Å². The lowest BCUT2D eigenvalue weighted by molar-refractivity contribution is 0.0912. The first kappa shape index (κ1) is 14.9. The summed E-state index contributed by atoms with van der Waals surface area (Å²) >= 11 is 0. The van der Waals surface area contributed by atoms with Gasteiger partial charge in [-0.25, -0.2) is 0 Å². The molecule has 1 aliphatic carbocycles. The van der Waals surface area contributed by atoms with Gasteiger partial charge in [0, 0.05) is 12.6 Å². The van der Waals surface area contributed by atoms with E-state index in [-0.39, 0.29) is 11.9 Å². The number of ether oxygens (including phenoxy) is 1. The first-order valence-corrected chi connectivity index (χ1v) is 7.40. The molecule has 1 atom stereocenters. The summed E-state index contributed by atoms with van der Waals surface area (Å²) in [6.07, 6.45) is 6.10. The van der Waals surface area contributed by atoms with Crippen LogP contribution in [0.15, 0.2) is 24.3 Å². The number of para-hydroxylation sites is 1. The predicted molar refractivity (Wildman–Crippen MR) is 79.9 cm³/mol. The summed E-state index contributed by atoms with van der Waals surface area (Å²) in [5, 5.41) is 3.08. The molecule has 0 bridgehead atoms. The molecule has 4 nitrogen and oxygen atoms in total. The fourth-order valence-electron chi connectivity index (χ4n) is 2.98. The largest absolute Gasteiger partial charge is 0.496 e. The summed E-state index contributed by atoms with van der Waals surface area (Å²) in [5.41, 5.74) is 6.43. The van der Waals surface area contributed by atoms with Crippen LogP contribution in [0, 0.1) is 5.92 Å². The Kier molecular flexibility index (Phi) is 5.41. The number of carbonyl (C=O) groups is 1. The number of nitrogens with one attached hydrogen (secondary N) is 1. The third-order valence-electron chi connectivity index (χ3n) is 4.14. The zero-order valence-electron chi connectivity index (χ0n) is 12.1. The van der Waals surface area contributed by atoms with E-state index in [0.29, 0.717) is 23.8 Å². The van der Waals surface area contributed by atoms with E-state index in [9.17, 15) is 4.79 Å². The van der Waals surface area contributed by atoms with Crippen LogP contribution in [-0.2, 0) is 0 Å². The summed E-state index contributed by atoms with van der Waals surface area (Å²) < 4.78 is 5.24. The number of hydrogen-bond donors (Lipinski definition) is 2. The molecule has 1 aliphatic rings. The normalized spacial score (nSPS) is 17.5. The quantitative estimate of drug-likeness (QED) is 0.867. The van der Waals surface area contributed by atoms with Gasteiger partial charge in [0.15, 0.2) is 0 Å². The summed E-state index contributed by atoms with van der Waals surface area (Å²) in [6.45, 7) is 0.492. The number of nitrogens with two attached hydrogens (primary N) is 1. The van der Waals surface area contributed by atoms with Gasteiger partial charge in [0.1, 0.15) is 5.75 Å². The van der Waals surface area contributed by atoms with E-state index in [1.54, 1.807) is 19.2 Å². The highest BCUT2D eigenvalue weighted by atomic mass is 16.5. The van der Waals surface area contributed by atoms with E-state index in [1.165, 1.54) is 19.3 Å². The number of rotatable bonds is 5. The molecule has 110 valence electrons. The van der Waals surface area contributed by atoms with Gasteiger partial charge in [-0.05, 0) is 30.9 Å². The number of hydrogen-bond acceptors (Lipinski definition) is 3. The molecule has 1 aromatic rings. The van der Waals surface area contributed by atoms with Crippen LogP contribution in [0.25, 0.3) is 0 Å². The molecule has 1 fully saturated rings. The molecule has 1 amide bonds. The SMILES string of the molecule is COc1ccccc1C(=O)NC(CN)C1CCCCC1. The van der Waals surface area contributed by atoms with E-state index in [1.807, 2.05) is 12.1 Å². The zero-order valence-corrected chi connectivity index (χ0v) is 12.1. The van der Waals surface area contributed by atoms with Crippen LogP contribution in [0.4, 0.5) is 0 Å². The van der Waals surface area contributed by atoms with E-state index in [0.717, 1.165) is 12.8 Å². The molecule has 0 aliphatic heterocycles. The van der Waals surface area contributed by atoms with Crippen molar-refractivity contribution in [1.82, 2.24) is 5.32 Å². The molecular weight excluding hydrogens is 252 g/mol. The maximum absolute atomic E-state index is 12.4. The van der Waals surface area contributed by atoms with E-state index < -0.39 is 0 Å². The lowest BCUT2D eigenvalue weighted by Crippen LogP contribution is -2.46. The molecule has 0 radical (unpaired) electrons. The molecule has 0 saturated heterocycles. The van der Waals surface area contributed by atoms with Gasteiger partial charge >= 0.3 is 0 Å². The highest BCUT2D eigenvalue weighted by Crippen LogP contribution is 2.26. The van der Waals surface area contributed by atoms with Crippen molar-refractivity contribution in [3.05, 3.63) is 29.8 Å². The smallest absolute Gasteiger partial charge is 0.255 e. The highest BCUT2D eigenvalue weighted by Gasteiger charge is 2.25. The first-order chi connectivity index (χ1) is 9.76. The summed E-state index contributed by atoms with van der Waals surface area (Å²) in [4.78, 5) is 12.4. The van der Waals surface area contributed by atoms with Gasteiger partial charge in [-0.2, -0.15) is 0 Å². The minimum Gasteiger partial charge on any atom is -0.496 e. The Morgan fingerprint density at radius 3 is 2.70 bits per heavy atom. The van der Waals surface area contributed by atoms with Crippen molar-refractivity contribution in [3.63, 3.8) is 0 Å². The molecule has 0 aromatic heterocycles. The Morgan fingerprint density at radius 2 is 2.05 bits per heavy atom. The molecule has 1 saturated carbocycles. The van der Waals surface area contributed by atoms with Crippen molar-refractivity contribution < 1.29 is 9.53 Å². The Balaban J connectivity index is 2.04. The van der Waals surface area contributed by atoms with Crippen LogP contribution in [0.1, 0.15) is 42.5 Å². The van der Waals surface area contributed by atoms with E-state index in [4.69, 9.17) is 10.5 Å². The van der Waals surface area contributed by atoms with Crippen molar-refractivity contribution >= 4 is 5.91 Å². The second kappa shape index (κ2) is 7.29. The Bertz CT molecular complexity index is 442. The monoisotopic (exact) mass is 276 g/mol. The van der Waals surface area contributed by atoms with Gasteiger partial charge in [0.2, 0.25) is 0 Å². The molecule has 3 N–H and O–H groups in total. The van der Waals surface area contributed by atoms with Crippen molar-refractivity contribution in [2.75, 3.05) is 13.7 Å². The van der Waals surface area contributed by atoms with Crippen LogP contribution < -0.4 is 15.8 Å². The number of carbonyl (C=O) groups excluding carboxylic acids is 1. The van der Waals surface area contributed by atoms with Crippen molar-refractivity contribution in [1.29, 1.82) is 0 Å². The van der Waals surface area contributed by atoms with Gasteiger partial charge in [0.25, 0.3) is 5.91 Å². The zero-order chi connectivity index (χ0) is 14.4. The standard InChI is InChI=1S/C16H24N2O2/c1-20-15-10-6-5-9-13(15)16(19)18-14(11-17)12-7-3-2-4-8-12/h5-6,9-10,12,14H,2-4,7-8,11,17H2,1H3,(H,18,19). The molecule has 1 unspecified atom stereocenters. The van der Waals surface area contributed by atoms with E-state index >= 15 is 0 Å². The van der Waals surface area contributed by atoms with Gasteiger partial charge in [0.05, 0.1) is 12.7 Å². The summed E-state index contributed by atoms with van der Waals surface area (Å²) in [6, 6.07) is 7.34. The van der Waals surface area contributed by atoms with Crippen LogP contribution in [-0.4, -0.2) is 25.6 Å². The highest BCUT2D eigenvalue weighted by molar-refractivity contribution is 5.97. The Hall–Kier alpha value is -1.55. The molecule has 0 spiro atoms. The van der Waals surface area contributed by atoms with Gasteiger partial charge in [-0.1, -0.05) is 31.4 Å². The third kappa shape index (κ3) is 3.51. The van der Waals surface area contributed by atoms with Crippen molar-refractivity contribution in [2.45, 2.75) is 38.1 Å². The maximum Gasteiger partial charge on any atom is 0.255 e. The molecule has 20 heavy (non-hydrogen) atoms. The van der Waals surface area contributed by atoms with Crippen molar-refractivity contribution in [3.8, 4) is 5.75 Å². The lowest BCUT2D eigenvalue weighted by atomic mass is 9.84. The minimum absolute atomic E-state index is 0.0627.